The molecule has 0 spiro atoms. The summed E-state index contributed by atoms with van der Waals surface area (Å²) in [5, 5.41) is 14.2. The number of methoxy groups -OCH3 is 1. The first-order valence-electron chi connectivity index (χ1n) is 14.2. The highest BCUT2D eigenvalue weighted by molar-refractivity contribution is 7.99. The molecule has 2 saturated heterocycles. The summed E-state index contributed by atoms with van der Waals surface area (Å²) in [6, 6.07) is 11.1. The van der Waals surface area contributed by atoms with Crippen LogP contribution >= 0.6 is 11.8 Å². The Hall–Kier alpha value is -3.94. The van der Waals surface area contributed by atoms with E-state index in [1.165, 1.54) is 19.2 Å². The quantitative estimate of drug-likeness (QED) is 0.255. The van der Waals surface area contributed by atoms with Crippen LogP contribution < -0.4 is 20.3 Å². The monoisotopic (exact) mass is 609 g/mol. The Morgan fingerprint density at radius 2 is 1.81 bits per heavy atom. The topological polar surface area (TPSA) is 108 Å². The van der Waals surface area contributed by atoms with E-state index >= 15 is 0 Å². The Labute approximate surface area is 252 Å². The average molecular weight is 610 g/mol. The molecule has 0 aliphatic carbocycles. The fourth-order valence-electron chi connectivity index (χ4n) is 5.29. The van der Waals surface area contributed by atoms with E-state index in [0.29, 0.717) is 39.6 Å². The first-order valence-corrected chi connectivity index (χ1v) is 15.0. The lowest BCUT2D eigenvalue weighted by Gasteiger charge is -2.34. The van der Waals surface area contributed by atoms with E-state index < -0.39 is 11.6 Å². The third kappa shape index (κ3) is 6.68. The van der Waals surface area contributed by atoms with Crippen LogP contribution in [0.3, 0.4) is 0 Å². The highest BCUT2D eigenvalue weighted by Gasteiger charge is 2.23. The summed E-state index contributed by atoms with van der Waals surface area (Å²) in [6.45, 7) is 5.13. The zero-order valence-corrected chi connectivity index (χ0v) is 24.8. The summed E-state index contributed by atoms with van der Waals surface area (Å²) in [5.41, 5.74) is 2.71. The maximum Gasteiger partial charge on any atom is 0.258 e. The number of carbonyl (C=O) groups is 1. The van der Waals surface area contributed by atoms with Crippen molar-refractivity contribution in [2.75, 3.05) is 69.1 Å². The van der Waals surface area contributed by atoms with Crippen molar-refractivity contribution >= 4 is 45.9 Å². The minimum absolute atomic E-state index is 0.193. The van der Waals surface area contributed by atoms with Gasteiger partial charge in [-0.2, -0.15) is 10.1 Å². The van der Waals surface area contributed by atoms with E-state index in [-0.39, 0.29) is 23.6 Å². The number of nitrogens with one attached hydrogen (secondary N) is 3. The molecular weight excluding hydrogens is 576 g/mol. The molecule has 2 aromatic heterocycles. The second kappa shape index (κ2) is 12.7. The van der Waals surface area contributed by atoms with Gasteiger partial charge < -0.3 is 29.9 Å². The normalized spacial score (nSPS) is 16.4. The summed E-state index contributed by atoms with van der Waals surface area (Å²) in [4.78, 5) is 23.7. The van der Waals surface area contributed by atoms with Crippen molar-refractivity contribution in [2.24, 2.45) is 0 Å². The van der Waals surface area contributed by atoms with Gasteiger partial charge in [0, 0.05) is 67.8 Å². The minimum atomic E-state index is -0.685. The lowest BCUT2D eigenvalue weighted by molar-refractivity contribution is 0.0904. The van der Waals surface area contributed by atoms with E-state index in [1.807, 2.05) is 12.1 Å². The lowest BCUT2D eigenvalue weighted by Crippen LogP contribution is -2.44. The summed E-state index contributed by atoms with van der Waals surface area (Å²) < 4.78 is 38.6. The number of ether oxygens (including phenoxy) is 2. The number of benzene rings is 2. The molecule has 0 atom stereocenters. The van der Waals surface area contributed by atoms with Gasteiger partial charge in [-0.1, -0.05) is 11.8 Å². The van der Waals surface area contributed by atoms with Crippen LogP contribution in [-0.4, -0.2) is 85.6 Å². The van der Waals surface area contributed by atoms with Crippen LogP contribution in [0.5, 0.6) is 5.88 Å². The molecule has 226 valence electrons. The van der Waals surface area contributed by atoms with E-state index in [4.69, 9.17) is 9.47 Å². The summed E-state index contributed by atoms with van der Waals surface area (Å²) in [7, 11) is 3.58. The number of piperazine rings is 1. The van der Waals surface area contributed by atoms with Crippen LogP contribution in [0.25, 0.3) is 11.0 Å². The summed E-state index contributed by atoms with van der Waals surface area (Å²) >= 11 is 1.10. The molecule has 2 fully saturated rings. The zero-order chi connectivity index (χ0) is 29.9. The Morgan fingerprint density at radius 3 is 2.53 bits per heavy atom. The maximum atomic E-state index is 13.8. The number of aromatic nitrogens is 3. The molecule has 1 amide bonds. The average Bonchev–Trinajstić information content (AvgIpc) is 3.38. The number of anilines is 3. The molecule has 2 aliphatic heterocycles. The van der Waals surface area contributed by atoms with E-state index in [0.717, 1.165) is 68.2 Å². The molecule has 0 bridgehead atoms. The van der Waals surface area contributed by atoms with Gasteiger partial charge in [0.15, 0.2) is 11.5 Å². The molecule has 0 saturated carbocycles. The summed E-state index contributed by atoms with van der Waals surface area (Å²) in [5.74, 6) is -1.16. The third-order valence-electron chi connectivity index (χ3n) is 7.67. The summed E-state index contributed by atoms with van der Waals surface area (Å²) in [6.07, 6.45) is 1.71. The SMILES string of the molecule is COc1nc2[nH]nc(NC(=O)c3ccc(N4CCN(C)CC4)cc3NC3CCOCC3)c2cc1Sc1cc(F)cc(F)c1. The number of nitrogens with zero attached hydrogens (tertiary/aromatic N) is 4. The number of amides is 1. The van der Waals surface area contributed by atoms with Gasteiger partial charge in [-0.25, -0.2) is 8.78 Å². The Morgan fingerprint density at radius 1 is 1.07 bits per heavy atom. The number of carbonyl (C=O) groups excluding carboxylic acids is 1. The Bertz CT molecular complexity index is 1600. The van der Waals surface area contributed by atoms with Gasteiger partial charge >= 0.3 is 0 Å². The van der Waals surface area contributed by atoms with Crippen LogP contribution in [0.15, 0.2) is 52.3 Å². The molecular formula is C30H33F2N7O3S. The van der Waals surface area contributed by atoms with Gasteiger partial charge in [0.25, 0.3) is 5.91 Å². The van der Waals surface area contributed by atoms with Gasteiger partial charge in [-0.15, -0.1) is 0 Å². The smallest absolute Gasteiger partial charge is 0.258 e. The van der Waals surface area contributed by atoms with Gasteiger partial charge in [-0.05, 0) is 56.3 Å². The molecule has 10 nitrogen and oxygen atoms in total. The second-order valence-corrected chi connectivity index (χ2v) is 11.8. The molecule has 13 heteroatoms. The highest BCUT2D eigenvalue weighted by Crippen LogP contribution is 2.38. The highest BCUT2D eigenvalue weighted by atomic mass is 32.2. The van der Waals surface area contributed by atoms with Crippen molar-refractivity contribution < 1.29 is 23.0 Å². The van der Waals surface area contributed by atoms with E-state index in [1.54, 1.807) is 6.07 Å². The molecule has 43 heavy (non-hydrogen) atoms. The number of H-pyrrole nitrogens is 1. The van der Waals surface area contributed by atoms with Crippen molar-refractivity contribution in [2.45, 2.75) is 28.7 Å². The van der Waals surface area contributed by atoms with Gasteiger partial charge in [-0.3, -0.25) is 9.89 Å². The van der Waals surface area contributed by atoms with Crippen molar-refractivity contribution in [1.29, 1.82) is 0 Å². The number of pyridine rings is 1. The zero-order valence-electron chi connectivity index (χ0n) is 24.0. The van der Waals surface area contributed by atoms with Crippen LogP contribution in [0, 0.1) is 11.6 Å². The Kier molecular flexibility index (Phi) is 8.63. The van der Waals surface area contributed by atoms with Gasteiger partial charge in [0.1, 0.15) is 11.6 Å². The minimum Gasteiger partial charge on any atom is -0.480 e. The van der Waals surface area contributed by atoms with Crippen molar-refractivity contribution in [1.82, 2.24) is 20.1 Å². The molecule has 4 heterocycles. The van der Waals surface area contributed by atoms with Crippen molar-refractivity contribution in [3.63, 3.8) is 0 Å². The Balaban J connectivity index is 1.29. The van der Waals surface area contributed by atoms with Gasteiger partial charge in [0.2, 0.25) is 5.88 Å². The number of halogens is 2. The van der Waals surface area contributed by atoms with Gasteiger partial charge in [0.05, 0.1) is 23.0 Å². The molecule has 6 rings (SSSR count). The number of hydrogen-bond acceptors (Lipinski definition) is 9. The molecule has 2 aromatic carbocycles. The first-order chi connectivity index (χ1) is 20.9. The fraction of sp³-hybridized carbons (Fsp3) is 0.367. The second-order valence-electron chi connectivity index (χ2n) is 10.7. The lowest BCUT2D eigenvalue weighted by atomic mass is 10.1. The largest absolute Gasteiger partial charge is 0.480 e. The predicted octanol–water partition coefficient (Wildman–Crippen LogP) is 4.99. The molecule has 0 unspecified atom stereocenters. The van der Waals surface area contributed by atoms with Crippen LogP contribution in [0.1, 0.15) is 23.2 Å². The van der Waals surface area contributed by atoms with Crippen LogP contribution in [0.2, 0.25) is 0 Å². The fourth-order valence-corrected chi connectivity index (χ4v) is 6.28. The number of rotatable bonds is 8. The number of likely N-dealkylation sites (N-methyl/N-ethyl adjacent to an activating group) is 1. The van der Waals surface area contributed by atoms with E-state index in [2.05, 4.69) is 48.7 Å². The van der Waals surface area contributed by atoms with E-state index in [9.17, 15) is 13.6 Å². The molecule has 3 N–H and O–H groups in total. The standard InChI is InChI=1S/C30H33F2N7O3S/c1-38-7-9-39(10-8-38)21-3-4-23(25(16-21)33-20-5-11-42-12-6-20)29(40)34-27-24-17-26(30(41-2)35-28(24)37-36-27)43-22-14-18(31)13-19(32)15-22/h3-4,13-17,20,33H,5-12H2,1-2H3,(H2,34,35,36,37,40). The third-order valence-corrected chi connectivity index (χ3v) is 8.65. The molecule has 4 aromatic rings. The number of aromatic amines is 1. The maximum absolute atomic E-state index is 13.8. The first kappa shape index (κ1) is 29.1. The van der Waals surface area contributed by atoms with Crippen LogP contribution in [-0.2, 0) is 4.74 Å². The molecule has 0 radical (unpaired) electrons. The van der Waals surface area contributed by atoms with Crippen molar-refractivity contribution in [3.8, 4) is 5.88 Å². The van der Waals surface area contributed by atoms with Crippen molar-refractivity contribution in [3.05, 3.63) is 59.7 Å². The number of fused-ring (bicyclic) bond motifs is 1. The number of hydrogen-bond donors (Lipinski definition) is 3. The van der Waals surface area contributed by atoms with Crippen LogP contribution in [0.4, 0.5) is 26.0 Å². The molecule has 2 aliphatic rings. The predicted molar refractivity (Wildman–Crippen MR) is 162 cm³/mol.